The third-order valence-corrected chi connectivity index (χ3v) is 6.21. The van der Waals surface area contributed by atoms with Crippen molar-refractivity contribution in [3.8, 4) is 22.2 Å². The molecule has 0 spiro atoms. The second-order valence-corrected chi connectivity index (χ2v) is 8.54. The molecule has 0 radical (unpaired) electrons. The number of aryl methyl sites for hydroxylation is 2. The Labute approximate surface area is 180 Å². The molecule has 0 aliphatic heterocycles. The zero-order chi connectivity index (χ0) is 21.3. The van der Waals surface area contributed by atoms with Crippen molar-refractivity contribution < 1.29 is 4.74 Å². The Morgan fingerprint density at radius 3 is 2.73 bits per heavy atom. The fourth-order valence-electron chi connectivity index (χ4n) is 3.36. The van der Waals surface area contributed by atoms with E-state index in [1.807, 2.05) is 28.7 Å². The number of fused-ring (bicyclic) bond motifs is 1. The van der Waals surface area contributed by atoms with Gasteiger partial charge in [-0.2, -0.15) is 5.10 Å². The maximum absolute atomic E-state index is 5.18. The molecule has 1 N–H and O–H groups in total. The lowest BCUT2D eigenvalue weighted by Gasteiger charge is -2.09. The molecule has 0 unspecified atom stereocenters. The number of aromatic nitrogens is 6. The number of ether oxygens (including phenoxy) is 1. The predicted molar refractivity (Wildman–Crippen MR) is 121 cm³/mol. The van der Waals surface area contributed by atoms with Crippen molar-refractivity contribution in [1.29, 1.82) is 0 Å². The summed E-state index contributed by atoms with van der Waals surface area (Å²) in [5.74, 6) is 2.19. The van der Waals surface area contributed by atoms with Crippen molar-refractivity contribution in [2.75, 3.05) is 25.6 Å². The van der Waals surface area contributed by atoms with E-state index < -0.39 is 0 Å². The van der Waals surface area contributed by atoms with Gasteiger partial charge in [-0.15, -0.1) is 11.3 Å². The molecule has 0 aliphatic carbocycles. The van der Waals surface area contributed by atoms with Gasteiger partial charge in [-0.3, -0.25) is 4.68 Å². The van der Waals surface area contributed by atoms with Gasteiger partial charge in [-0.05, 0) is 38.8 Å². The van der Waals surface area contributed by atoms with Crippen LogP contribution < -0.4 is 5.32 Å². The second kappa shape index (κ2) is 8.53. The average molecular weight is 426 g/mol. The average Bonchev–Trinajstić information content (AvgIpc) is 3.44. The lowest BCUT2D eigenvalue weighted by molar-refractivity contribution is 0.198. The summed E-state index contributed by atoms with van der Waals surface area (Å²) in [5, 5.41) is 9.30. The van der Waals surface area contributed by atoms with Crippen LogP contribution in [-0.4, -0.2) is 49.6 Å². The molecular formula is C21H27N7OS. The van der Waals surface area contributed by atoms with Gasteiger partial charge in [0.2, 0.25) is 0 Å². The number of methoxy groups -OCH3 is 1. The van der Waals surface area contributed by atoms with E-state index in [-0.39, 0.29) is 0 Å². The summed E-state index contributed by atoms with van der Waals surface area (Å²) in [6, 6.07) is 2.39. The first kappa shape index (κ1) is 20.5. The number of thiophene rings is 1. The summed E-state index contributed by atoms with van der Waals surface area (Å²) in [4.78, 5) is 16.2. The quantitative estimate of drug-likeness (QED) is 0.424. The maximum Gasteiger partial charge on any atom is 0.199 e. The summed E-state index contributed by atoms with van der Waals surface area (Å²) in [7, 11) is 3.67. The minimum Gasteiger partial charge on any atom is -0.385 e. The number of nitrogens with zero attached hydrogens (tertiary/aromatic N) is 6. The molecule has 9 heteroatoms. The molecule has 0 saturated carbocycles. The van der Waals surface area contributed by atoms with Crippen molar-refractivity contribution in [3.05, 3.63) is 30.2 Å². The first-order valence-corrected chi connectivity index (χ1v) is 10.9. The normalized spacial score (nSPS) is 11.7. The molecule has 158 valence electrons. The SMILES string of the molecule is COCCCNc1nc(-c2nccn2C)nc2sc(-c3ccn(C(C)C)n3)c(C)c12. The molecule has 0 aliphatic rings. The maximum atomic E-state index is 5.18. The number of hydrogen-bond acceptors (Lipinski definition) is 7. The topological polar surface area (TPSA) is 82.7 Å². The number of rotatable bonds is 8. The van der Waals surface area contributed by atoms with Crippen LogP contribution in [0.5, 0.6) is 0 Å². The summed E-state index contributed by atoms with van der Waals surface area (Å²) in [5.41, 5.74) is 2.11. The van der Waals surface area contributed by atoms with Gasteiger partial charge in [0.05, 0.1) is 10.3 Å². The molecule has 4 rings (SSSR count). The second-order valence-electron chi connectivity index (χ2n) is 7.54. The molecule has 0 atom stereocenters. The fourth-order valence-corrected chi connectivity index (χ4v) is 4.51. The van der Waals surface area contributed by atoms with Gasteiger partial charge in [-0.1, -0.05) is 0 Å². The zero-order valence-corrected chi connectivity index (χ0v) is 18.8. The van der Waals surface area contributed by atoms with Crippen molar-refractivity contribution in [1.82, 2.24) is 29.3 Å². The Hall–Kier alpha value is -2.78. The van der Waals surface area contributed by atoms with Crippen LogP contribution in [0.4, 0.5) is 5.82 Å². The van der Waals surface area contributed by atoms with Gasteiger partial charge >= 0.3 is 0 Å². The first-order chi connectivity index (χ1) is 14.5. The highest BCUT2D eigenvalue weighted by molar-refractivity contribution is 7.22. The number of nitrogens with one attached hydrogen (secondary N) is 1. The molecule has 0 amide bonds. The standard InChI is InChI=1S/C21H27N7OS/c1-13(2)28-10-7-15(26-28)17-14(3)16-18(22-8-6-12-29-5)24-19(25-21(16)30-17)20-23-9-11-27(20)4/h7,9-11,13H,6,8,12H2,1-5H3,(H,22,24,25). The van der Waals surface area contributed by atoms with E-state index in [1.54, 1.807) is 24.6 Å². The van der Waals surface area contributed by atoms with Crippen molar-refractivity contribution in [2.24, 2.45) is 7.05 Å². The highest BCUT2D eigenvalue weighted by Gasteiger charge is 2.20. The molecular weight excluding hydrogens is 398 g/mol. The van der Waals surface area contributed by atoms with E-state index in [0.717, 1.165) is 51.0 Å². The van der Waals surface area contributed by atoms with Gasteiger partial charge in [0.25, 0.3) is 0 Å². The molecule has 0 saturated heterocycles. The molecule has 0 fully saturated rings. The van der Waals surface area contributed by atoms with Gasteiger partial charge < -0.3 is 14.6 Å². The Kier molecular flexibility index (Phi) is 5.83. The fraction of sp³-hybridized carbons (Fsp3) is 0.429. The Balaban J connectivity index is 1.82. The zero-order valence-electron chi connectivity index (χ0n) is 18.0. The van der Waals surface area contributed by atoms with Crippen LogP contribution in [0.25, 0.3) is 32.4 Å². The third-order valence-electron chi connectivity index (χ3n) is 5.00. The number of hydrogen-bond donors (Lipinski definition) is 1. The highest BCUT2D eigenvalue weighted by atomic mass is 32.1. The van der Waals surface area contributed by atoms with Crippen LogP contribution in [0.3, 0.4) is 0 Å². The molecule has 0 bridgehead atoms. The predicted octanol–water partition coefficient (Wildman–Crippen LogP) is 4.29. The molecule has 30 heavy (non-hydrogen) atoms. The Bertz CT molecular complexity index is 1160. The number of imidazole rings is 1. The van der Waals surface area contributed by atoms with Gasteiger partial charge in [0, 0.05) is 51.9 Å². The van der Waals surface area contributed by atoms with E-state index in [0.29, 0.717) is 18.5 Å². The van der Waals surface area contributed by atoms with Crippen molar-refractivity contribution >= 4 is 27.4 Å². The largest absolute Gasteiger partial charge is 0.385 e. The molecule has 4 aromatic rings. The summed E-state index contributed by atoms with van der Waals surface area (Å²) >= 11 is 1.65. The van der Waals surface area contributed by atoms with Crippen molar-refractivity contribution in [3.63, 3.8) is 0 Å². The van der Waals surface area contributed by atoms with Crippen LogP contribution in [-0.2, 0) is 11.8 Å². The van der Waals surface area contributed by atoms with Gasteiger partial charge in [0.15, 0.2) is 11.6 Å². The van der Waals surface area contributed by atoms with E-state index >= 15 is 0 Å². The molecule has 0 aromatic carbocycles. The molecule has 8 nitrogen and oxygen atoms in total. The minimum absolute atomic E-state index is 0.321. The van der Waals surface area contributed by atoms with Crippen LogP contribution in [0.1, 0.15) is 31.9 Å². The van der Waals surface area contributed by atoms with E-state index in [1.165, 1.54) is 0 Å². The van der Waals surface area contributed by atoms with Crippen molar-refractivity contribution in [2.45, 2.75) is 33.2 Å². The van der Waals surface area contributed by atoms with Gasteiger partial charge in [-0.25, -0.2) is 15.0 Å². The Morgan fingerprint density at radius 1 is 1.23 bits per heavy atom. The lowest BCUT2D eigenvalue weighted by Crippen LogP contribution is -2.08. The van der Waals surface area contributed by atoms with E-state index in [9.17, 15) is 0 Å². The first-order valence-electron chi connectivity index (χ1n) is 10.1. The number of anilines is 1. The third kappa shape index (κ3) is 3.82. The minimum atomic E-state index is 0.321. The lowest BCUT2D eigenvalue weighted by atomic mass is 10.1. The summed E-state index contributed by atoms with van der Waals surface area (Å²) in [6.07, 6.45) is 6.59. The van der Waals surface area contributed by atoms with Crippen LogP contribution in [0.15, 0.2) is 24.7 Å². The highest BCUT2D eigenvalue weighted by Crippen LogP contribution is 2.40. The van der Waals surface area contributed by atoms with Crippen LogP contribution in [0.2, 0.25) is 0 Å². The summed E-state index contributed by atoms with van der Waals surface area (Å²) < 4.78 is 9.09. The summed E-state index contributed by atoms with van der Waals surface area (Å²) in [6.45, 7) is 7.84. The monoisotopic (exact) mass is 425 g/mol. The van der Waals surface area contributed by atoms with Crippen LogP contribution in [0, 0.1) is 6.92 Å². The molecule has 4 heterocycles. The van der Waals surface area contributed by atoms with Crippen LogP contribution >= 0.6 is 11.3 Å². The van der Waals surface area contributed by atoms with E-state index in [2.05, 4.69) is 37.1 Å². The van der Waals surface area contributed by atoms with E-state index in [4.69, 9.17) is 19.8 Å². The Morgan fingerprint density at radius 2 is 2.07 bits per heavy atom. The smallest absolute Gasteiger partial charge is 0.199 e. The molecule has 4 aromatic heterocycles. The van der Waals surface area contributed by atoms with Gasteiger partial charge in [0.1, 0.15) is 16.3 Å².